The molecule has 2 aromatic heterocycles. The van der Waals surface area contributed by atoms with E-state index >= 15 is 0 Å². The van der Waals surface area contributed by atoms with Crippen LogP contribution in [0, 0.1) is 5.41 Å². The van der Waals surface area contributed by atoms with E-state index < -0.39 is 0 Å². The Balaban J connectivity index is 1.30. The summed E-state index contributed by atoms with van der Waals surface area (Å²) in [6.45, 7) is 5.54. The van der Waals surface area contributed by atoms with Crippen molar-refractivity contribution in [3.63, 3.8) is 0 Å². The van der Waals surface area contributed by atoms with E-state index in [2.05, 4.69) is 30.3 Å². The van der Waals surface area contributed by atoms with Crippen molar-refractivity contribution in [1.82, 2.24) is 25.4 Å². The zero-order valence-corrected chi connectivity index (χ0v) is 14.1. The van der Waals surface area contributed by atoms with Crippen LogP contribution in [0.3, 0.4) is 0 Å². The standard InChI is InChI=1S/C17H22N6O2/c1-2-17(11-24-7-1)8-12(17)16-21-15(22-25-16)13-9-20-14(10-19-13)23-5-3-18-4-6-23/h9-10,12,18H,1-8,11H2. The smallest absolute Gasteiger partial charge is 0.230 e. The highest BCUT2D eigenvalue weighted by atomic mass is 16.5. The quantitative estimate of drug-likeness (QED) is 0.891. The lowest BCUT2D eigenvalue weighted by Crippen LogP contribution is -2.43. The van der Waals surface area contributed by atoms with Gasteiger partial charge >= 0.3 is 0 Å². The molecule has 3 fully saturated rings. The Morgan fingerprint density at radius 3 is 2.88 bits per heavy atom. The molecule has 3 aliphatic rings. The summed E-state index contributed by atoms with van der Waals surface area (Å²) in [7, 11) is 0. The molecule has 2 aromatic rings. The van der Waals surface area contributed by atoms with Gasteiger partial charge in [0.15, 0.2) is 0 Å². The Hall–Kier alpha value is -2.06. The molecular weight excluding hydrogens is 320 g/mol. The zero-order chi connectivity index (χ0) is 16.7. The minimum Gasteiger partial charge on any atom is -0.381 e. The van der Waals surface area contributed by atoms with E-state index in [4.69, 9.17) is 9.26 Å². The molecule has 132 valence electrons. The van der Waals surface area contributed by atoms with E-state index in [0.29, 0.717) is 23.3 Å². The second-order valence-electron chi connectivity index (χ2n) is 7.23. The van der Waals surface area contributed by atoms with Crippen molar-refractivity contribution in [2.24, 2.45) is 5.41 Å². The Morgan fingerprint density at radius 2 is 2.12 bits per heavy atom. The molecule has 8 nitrogen and oxygen atoms in total. The van der Waals surface area contributed by atoms with Gasteiger partial charge in [0, 0.05) is 44.1 Å². The normalized spacial score (nSPS) is 29.1. The monoisotopic (exact) mass is 342 g/mol. The van der Waals surface area contributed by atoms with Gasteiger partial charge in [-0.15, -0.1) is 0 Å². The molecule has 4 heterocycles. The zero-order valence-electron chi connectivity index (χ0n) is 14.1. The Morgan fingerprint density at radius 1 is 1.20 bits per heavy atom. The van der Waals surface area contributed by atoms with Crippen LogP contribution in [0.4, 0.5) is 5.82 Å². The van der Waals surface area contributed by atoms with E-state index in [-0.39, 0.29) is 5.41 Å². The molecule has 2 aliphatic heterocycles. The molecule has 8 heteroatoms. The van der Waals surface area contributed by atoms with Crippen molar-refractivity contribution < 1.29 is 9.26 Å². The number of piperazine rings is 1. The van der Waals surface area contributed by atoms with Gasteiger partial charge in [0.05, 0.1) is 19.0 Å². The highest BCUT2D eigenvalue weighted by Gasteiger charge is 2.58. The third kappa shape index (κ3) is 2.79. The summed E-state index contributed by atoms with van der Waals surface area (Å²) < 4.78 is 11.2. The van der Waals surface area contributed by atoms with Crippen molar-refractivity contribution in [1.29, 1.82) is 0 Å². The van der Waals surface area contributed by atoms with Crippen LogP contribution in [0.5, 0.6) is 0 Å². The van der Waals surface area contributed by atoms with Gasteiger partial charge in [-0.3, -0.25) is 0 Å². The van der Waals surface area contributed by atoms with Crippen molar-refractivity contribution in [2.45, 2.75) is 25.2 Å². The Labute approximate surface area is 146 Å². The molecule has 2 atom stereocenters. The fourth-order valence-corrected chi connectivity index (χ4v) is 3.98. The van der Waals surface area contributed by atoms with Gasteiger partial charge in [-0.25, -0.2) is 9.97 Å². The third-order valence-electron chi connectivity index (χ3n) is 5.59. The van der Waals surface area contributed by atoms with E-state index in [9.17, 15) is 0 Å². The summed E-state index contributed by atoms with van der Waals surface area (Å²) in [6.07, 6.45) is 6.93. The van der Waals surface area contributed by atoms with Crippen LogP contribution in [-0.2, 0) is 4.74 Å². The first-order valence-electron chi connectivity index (χ1n) is 9.04. The molecule has 1 aliphatic carbocycles. The Bertz CT molecular complexity index is 734. The summed E-state index contributed by atoms with van der Waals surface area (Å²) in [6, 6.07) is 0. The summed E-state index contributed by atoms with van der Waals surface area (Å²) in [5.41, 5.74) is 0.892. The first kappa shape index (κ1) is 15.2. The summed E-state index contributed by atoms with van der Waals surface area (Å²) >= 11 is 0. The van der Waals surface area contributed by atoms with Crippen LogP contribution in [0.25, 0.3) is 11.5 Å². The molecule has 1 N–H and O–H groups in total. The van der Waals surface area contributed by atoms with Gasteiger partial charge in [-0.2, -0.15) is 4.98 Å². The molecule has 5 rings (SSSR count). The molecule has 1 saturated carbocycles. The average molecular weight is 342 g/mol. The van der Waals surface area contributed by atoms with Crippen molar-refractivity contribution >= 4 is 5.82 Å². The fraction of sp³-hybridized carbons (Fsp3) is 0.647. The molecule has 2 unspecified atom stereocenters. The van der Waals surface area contributed by atoms with Crippen LogP contribution in [-0.4, -0.2) is 59.5 Å². The maximum absolute atomic E-state index is 5.64. The van der Waals surface area contributed by atoms with Crippen LogP contribution in [0.1, 0.15) is 31.1 Å². The van der Waals surface area contributed by atoms with Gasteiger partial charge in [0.1, 0.15) is 11.5 Å². The van der Waals surface area contributed by atoms with Gasteiger partial charge in [-0.05, 0) is 19.3 Å². The van der Waals surface area contributed by atoms with Gasteiger partial charge < -0.3 is 19.5 Å². The molecule has 0 amide bonds. The minimum absolute atomic E-state index is 0.236. The molecule has 0 radical (unpaired) electrons. The van der Waals surface area contributed by atoms with Crippen LogP contribution in [0.2, 0.25) is 0 Å². The molecule has 0 aromatic carbocycles. The number of hydrogen-bond acceptors (Lipinski definition) is 8. The maximum atomic E-state index is 5.64. The maximum Gasteiger partial charge on any atom is 0.230 e. The second kappa shape index (κ2) is 6.03. The minimum atomic E-state index is 0.236. The molecular formula is C17H22N6O2. The van der Waals surface area contributed by atoms with Gasteiger partial charge in [-0.1, -0.05) is 5.16 Å². The molecule has 25 heavy (non-hydrogen) atoms. The predicted octanol–water partition coefficient (Wildman–Crippen LogP) is 1.22. The van der Waals surface area contributed by atoms with Crippen molar-refractivity contribution in [2.75, 3.05) is 44.3 Å². The number of rotatable bonds is 3. The van der Waals surface area contributed by atoms with Crippen molar-refractivity contribution in [3.05, 3.63) is 18.3 Å². The third-order valence-corrected chi connectivity index (χ3v) is 5.59. The number of nitrogens with one attached hydrogen (secondary N) is 1. The van der Waals surface area contributed by atoms with Gasteiger partial charge in [0.2, 0.25) is 11.7 Å². The lowest BCUT2D eigenvalue weighted by Gasteiger charge is -2.27. The van der Waals surface area contributed by atoms with Crippen LogP contribution >= 0.6 is 0 Å². The van der Waals surface area contributed by atoms with Crippen LogP contribution < -0.4 is 10.2 Å². The number of aromatic nitrogens is 4. The largest absolute Gasteiger partial charge is 0.381 e. The van der Waals surface area contributed by atoms with Crippen molar-refractivity contribution in [3.8, 4) is 11.5 Å². The van der Waals surface area contributed by atoms with E-state index in [1.165, 1.54) is 6.42 Å². The SMILES string of the molecule is c1nc(N2CCNCC2)cnc1-c1noc(C2CC23CCCOC3)n1. The molecule has 1 spiro atoms. The van der Waals surface area contributed by atoms with Crippen LogP contribution in [0.15, 0.2) is 16.9 Å². The predicted molar refractivity (Wildman–Crippen MR) is 90.3 cm³/mol. The first-order valence-corrected chi connectivity index (χ1v) is 9.04. The topological polar surface area (TPSA) is 89.2 Å². The number of hydrogen-bond donors (Lipinski definition) is 1. The number of nitrogens with zero attached hydrogens (tertiary/aromatic N) is 5. The summed E-state index contributed by atoms with van der Waals surface area (Å²) in [5, 5.41) is 7.45. The first-order chi connectivity index (χ1) is 12.3. The van der Waals surface area contributed by atoms with E-state index in [0.717, 1.165) is 58.1 Å². The van der Waals surface area contributed by atoms with E-state index in [1.807, 2.05) is 0 Å². The van der Waals surface area contributed by atoms with E-state index in [1.54, 1.807) is 12.4 Å². The summed E-state index contributed by atoms with van der Waals surface area (Å²) in [4.78, 5) is 15.8. The molecule has 0 bridgehead atoms. The average Bonchev–Trinajstić information content (AvgIpc) is 3.15. The number of ether oxygens (including phenoxy) is 1. The molecule has 2 saturated heterocycles. The highest BCUT2D eigenvalue weighted by molar-refractivity contribution is 5.49. The van der Waals surface area contributed by atoms with Gasteiger partial charge in [0.25, 0.3) is 0 Å². The lowest BCUT2D eigenvalue weighted by atomic mass is 9.96. The fourth-order valence-electron chi connectivity index (χ4n) is 3.98. The second-order valence-corrected chi connectivity index (χ2v) is 7.23. The number of anilines is 1. The Kier molecular flexibility index (Phi) is 3.67. The summed E-state index contributed by atoms with van der Waals surface area (Å²) in [5.74, 6) is 2.47. The highest BCUT2D eigenvalue weighted by Crippen LogP contribution is 2.62. The lowest BCUT2D eigenvalue weighted by molar-refractivity contribution is 0.0392.